The van der Waals surface area contributed by atoms with Gasteiger partial charge in [-0.25, -0.2) is 0 Å². The summed E-state index contributed by atoms with van der Waals surface area (Å²) in [5.74, 6) is 0.639. The molecule has 0 radical (unpaired) electrons. The van der Waals surface area contributed by atoms with E-state index in [0.29, 0.717) is 12.0 Å². The first-order valence-electron chi connectivity index (χ1n) is 4.68. The molecule has 0 aromatic heterocycles. The zero-order valence-corrected chi connectivity index (χ0v) is 7.84. The molecular formula is C9H22N2. The smallest absolute Gasteiger partial charge is 0.00392 e. The van der Waals surface area contributed by atoms with Crippen molar-refractivity contribution in [2.75, 3.05) is 6.54 Å². The lowest BCUT2D eigenvalue weighted by atomic mass is 9.92. The van der Waals surface area contributed by atoms with Crippen LogP contribution in [0.2, 0.25) is 0 Å². The molecule has 0 rings (SSSR count). The van der Waals surface area contributed by atoms with Crippen LogP contribution in [0.15, 0.2) is 0 Å². The Morgan fingerprint density at radius 2 is 1.91 bits per heavy atom. The molecule has 2 unspecified atom stereocenters. The molecule has 68 valence electrons. The number of rotatable bonds is 6. The van der Waals surface area contributed by atoms with Crippen molar-refractivity contribution in [2.45, 2.75) is 45.6 Å². The summed E-state index contributed by atoms with van der Waals surface area (Å²) in [7, 11) is 0. The van der Waals surface area contributed by atoms with Gasteiger partial charge < -0.3 is 11.5 Å². The molecule has 0 aliphatic carbocycles. The molecule has 0 spiro atoms. The van der Waals surface area contributed by atoms with E-state index in [0.717, 1.165) is 13.0 Å². The second-order valence-electron chi connectivity index (χ2n) is 3.34. The van der Waals surface area contributed by atoms with Gasteiger partial charge in [-0.1, -0.05) is 19.8 Å². The maximum absolute atomic E-state index is 5.81. The van der Waals surface area contributed by atoms with E-state index in [1.54, 1.807) is 0 Å². The Morgan fingerprint density at radius 1 is 1.27 bits per heavy atom. The number of unbranched alkanes of at least 4 members (excludes halogenated alkanes) is 1. The minimum atomic E-state index is 0.310. The molecule has 0 saturated heterocycles. The average Bonchev–Trinajstić information content (AvgIpc) is 1.97. The van der Waals surface area contributed by atoms with Crippen molar-refractivity contribution in [3.8, 4) is 0 Å². The Bertz CT molecular complexity index is 81.6. The Hall–Kier alpha value is -0.0800. The van der Waals surface area contributed by atoms with Crippen LogP contribution in [0.4, 0.5) is 0 Å². The molecule has 0 heterocycles. The summed E-state index contributed by atoms with van der Waals surface area (Å²) >= 11 is 0. The van der Waals surface area contributed by atoms with E-state index in [4.69, 9.17) is 11.5 Å². The normalized spacial score (nSPS) is 16.4. The van der Waals surface area contributed by atoms with E-state index in [1.807, 2.05) is 0 Å². The van der Waals surface area contributed by atoms with Gasteiger partial charge in [-0.05, 0) is 32.2 Å². The fourth-order valence-electron chi connectivity index (χ4n) is 1.35. The highest BCUT2D eigenvalue weighted by Crippen LogP contribution is 2.14. The molecule has 2 heteroatoms. The van der Waals surface area contributed by atoms with Crippen LogP contribution in [0.1, 0.15) is 39.5 Å². The molecule has 0 saturated carbocycles. The van der Waals surface area contributed by atoms with Gasteiger partial charge in [0.25, 0.3) is 0 Å². The predicted molar refractivity (Wildman–Crippen MR) is 50.3 cm³/mol. The Kier molecular flexibility index (Phi) is 6.57. The minimum Gasteiger partial charge on any atom is -0.330 e. The molecule has 0 aromatic rings. The van der Waals surface area contributed by atoms with Gasteiger partial charge in [0.15, 0.2) is 0 Å². The van der Waals surface area contributed by atoms with Crippen LogP contribution in [0, 0.1) is 5.92 Å². The van der Waals surface area contributed by atoms with Gasteiger partial charge in [-0.15, -0.1) is 0 Å². The highest BCUT2D eigenvalue weighted by Gasteiger charge is 2.11. The van der Waals surface area contributed by atoms with Crippen molar-refractivity contribution in [3.05, 3.63) is 0 Å². The zero-order valence-electron chi connectivity index (χ0n) is 7.84. The van der Waals surface area contributed by atoms with Crippen molar-refractivity contribution < 1.29 is 0 Å². The standard InChI is InChI=1S/C9H22N2/c1-3-4-5-9(6-7-10)8(2)11/h8-9H,3-7,10-11H2,1-2H3. The number of hydrogen-bond donors (Lipinski definition) is 2. The lowest BCUT2D eigenvalue weighted by Crippen LogP contribution is -2.28. The van der Waals surface area contributed by atoms with Gasteiger partial charge in [0.05, 0.1) is 0 Å². The fraction of sp³-hybridized carbons (Fsp3) is 1.00. The Balaban J connectivity index is 3.51. The SMILES string of the molecule is CCCCC(CCN)C(C)N. The Morgan fingerprint density at radius 3 is 2.27 bits per heavy atom. The van der Waals surface area contributed by atoms with Crippen molar-refractivity contribution in [1.82, 2.24) is 0 Å². The summed E-state index contributed by atoms with van der Waals surface area (Å²) < 4.78 is 0. The van der Waals surface area contributed by atoms with Gasteiger partial charge in [-0.3, -0.25) is 0 Å². The molecule has 0 fully saturated rings. The second-order valence-corrected chi connectivity index (χ2v) is 3.34. The molecule has 0 aromatic carbocycles. The van der Waals surface area contributed by atoms with E-state index in [2.05, 4.69) is 13.8 Å². The number of nitrogens with two attached hydrogens (primary N) is 2. The van der Waals surface area contributed by atoms with E-state index in [-0.39, 0.29) is 0 Å². The molecule has 0 amide bonds. The molecule has 0 aliphatic heterocycles. The molecule has 4 N–H and O–H groups in total. The highest BCUT2D eigenvalue weighted by atomic mass is 14.6. The van der Waals surface area contributed by atoms with Crippen molar-refractivity contribution in [3.63, 3.8) is 0 Å². The molecule has 0 aliphatic rings. The van der Waals surface area contributed by atoms with Gasteiger partial charge in [0.2, 0.25) is 0 Å². The number of hydrogen-bond acceptors (Lipinski definition) is 2. The predicted octanol–water partition coefficient (Wildman–Crippen LogP) is 1.49. The van der Waals surface area contributed by atoms with Crippen molar-refractivity contribution in [1.29, 1.82) is 0 Å². The lowest BCUT2D eigenvalue weighted by molar-refractivity contribution is 0.380. The lowest BCUT2D eigenvalue weighted by Gasteiger charge is -2.19. The van der Waals surface area contributed by atoms with Gasteiger partial charge in [-0.2, -0.15) is 0 Å². The van der Waals surface area contributed by atoms with Crippen LogP contribution in [-0.2, 0) is 0 Å². The van der Waals surface area contributed by atoms with E-state index in [9.17, 15) is 0 Å². The maximum atomic E-state index is 5.81. The first-order chi connectivity index (χ1) is 5.22. The summed E-state index contributed by atoms with van der Waals surface area (Å²) in [5.41, 5.74) is 11.3. The van der Waals surface area contributed by atoms with Crippen LogP contribution in [0.5, 0.6) is 0 Å². The average molecular weight is 158 g/mol. The molecule has 2 nitrogen and oxygen atoms in total. The third-order valence-electron chi connectivity index (χ3n) is 2.21. The van der Waals surface area contributed by atoms with Crippen molar-refractivity contribution in [2.24, 2.45) is 17.4 Å². The minimum absolute atomic E-state index is 0.310. The third kappa shape index (κ3) is 5.22. The van der Waals surface area contributed by atoms with Gasteiger partial charge >= 0.3 is 0 Å². The molecular weight excluding hydrogens is 136 g/mol. The van der Waals surface area contributed by atoms with Crippen LogP contribution in [0.25, 0.3) is 0 Å². The summed E-state index contributed by atoms with van der Waals surface area (Å²) in [6, 6.07) is 0.310. The maximum Gasteiger partial charge on any atom is 0.00392 e. The largest absolute Gasteiger partial charge is 0.330 e. The summed E-state index contributed by atoms with van der Waals surface area (Å²) in [4.78, 5) is 0. The first kappa shape index (κ1) is 10.9. The van der Waals surface area contributed by atoms with Gasteiger partial charge in [0.1, 0.15) is 0 Å². The van der Waals surface area contributed by atoms with E-state index in [1.165, 1.54) is 19.3 Å². The zero-order chi connectivity index (χ0) is 8.69. The van der Waals surface area contributed by atoms with E-state index < -0.39 is 0 Å². The third-order valence-corrected chi connectivity index (χ3v) is 2.21. The first-order valence-corrected chi connectivity index (χ1v) is 4.68. The van der Waals surface area contributed by atoms with Crippen molar-refractivity contribution >= 4 is 0 Å². The van der Waals surface area contributed by atoms with Gasteiger partial charge in [0, 0.05) is 6.04 Å². The molecule has 0 bridgehead atoms. The highest BCUT2D eigenvalue weighted by molar-refractivity contribution is 4.68. The molecule has 11 heavy (non-hydrogen) atoms. The van der Waals surface area contributed by atoms with Crippen LogP contribution >= 0.6 is 0 Å². The Labute approximate surface area is 70.3 Å². The molecule has 2 atom stereocenters. The monoisotopic (exact) mass is 158 g/mol. The quantitative estimate of drug-likeness (QED) is 0.615. The summed E-state index contributed by atoms with van der Waals surface area (Å²) in [6.45, 7) is 5.06. The van der Waals surface area contributed by atoms with E-state index >= 15 is 0 Å². The van der Waals surface area contributed by atoms with Crippen LogP contribution < -0.4 is 11.5 Å². The summed E-state index contributed by atoms with van der Waals surface area (Å²) in [6.07, 6.45) is 4.86. The van der Waals surface area contributed by atoms with Crippen LogP contribution in [0.3, 0.4) is 0 Å². The summed E-state index contributed by atoms with van der Waals surface area (Å²) in [5, 5.41) is 0. The second kappa shape index (κ2) is 6.62. The topological polar surface area (TPSA) is 52.0 Å². The van der Waals surface area contributed by atoms with Crippen LogP contribution in [-0.4, -0.2) is 12.6 Å². The fourth-order valence-corrected chi connectivity index (χ4v) is 1.35.